The maximum Gasteiger partial charge on any atom is 0.330 e. The highest BCUT2D eigenvalue weighted by Crippen LogP contribution is 2.28. The van der Waals surface area contributed by atoms with Gasteiger partial charge in [0, 0.05) is 25.9 Å². The average Bonchev–Trinajstić information content (AvgIpc) is 2.97. The smallest absolute Gasteiger partial charge is 0.330 e. The van der Waals surface area contributed by atoms with E-state index in [1.54, 1.807) is 16.8 Å². The van der Waals surface area contributed by atoms with Crippen molar-refractivity contribution >= 4 is 10.9 Å². The summed E-state index contributed by atoms with van der Waals surface area (Å²) in [5.41, 5.74) is 0.212. The van der Waals surface area contributed by atoms with Gasteiger partial charge in [-0.2, -0.15) is 0 Å². The summed E-state index contributed by atoms with van der Waals surface area (Å²) in [4.78, 5) is 24.8. The predicted molar refractivity (Wildman–Crippen MR) is 90.9 cm³/mol. The molecule has 7 nitrogen and oxygen atoms in total. The molecule has 2 aromatic heterocycles. The number of aliphatic hydroxyl groups excluding tert-OH is 2. The molecule has 2 heterocycles. The Kier molecular flexibility index (Phi) is 4.32. The third kappa shape index (κ3) is 2.79. The number of hydrogen-bond donors (Lipinski definition) is 2. The molecule has 0 fully saturated rings. The maximum atomic E-state index is 13.7. The Morgan fingerprint density at radius 1 is 1.20 bits per heavy atom. The highest BCUT2D eigenvalue weighted by Gasteiger charge is 2.20. The van der Waals surface area contributed by atoms with Crippen LogP contribution in [0.25, 0.3) is 22.2 Å². The molecule has 1 atom stereocenters. The van der Waals surface area contributed by atoms with Gasteiger partial charge in [0.15, 0.2) is 0 Å². The summed E-state index contributed by atoms with van der Waals surface area (Å²) in [5.74, 6) is -0.470. The van der Waals surface area contributed by atoms with Gasteiger partial charge in [-0.25, -0.2) is 9.18 Å². The number of fused-ring (bicyclic) bond motifs is 1. The molecule has 0 saturated heterocycles. The minimum Gasteiger partial charge on any atom is -0.394 e. The molecular formula is C17H18FN3O4. The molecule has 2 N–H and O–H groups in total. The van der Waals surface area contributed by atoms with Crippen LogP contribution in [0, 0.1) is 5.82 Å². The first-order valence-corrected chi connectivity index (χ1v) is 7.69. The van der Waals surface area contributed by atoms with Crippen LogP contribution >= 0.6 is 0 Å². The van der Waals surface area contributed by atoms with Crippen molar-refractivity contribution in [1.29, 1.82) is 0 Å². The molecule has 0 aliphatic rings. The number of hydrogen-bond acceptors (Lipinski definition) is 4. The van der Waals surface area contributed by atoms with Gasteiger partial charge in [-0.15, -0.1) is 0 Å². The first kappa shape index (κ1) is 17.1. The van der Waals surface area contributed by atoms with Crippen molar-refractivity contribution in [3.05, 3.63) is 57.1 Å². The number of aryl methyl sites for hydroxylation is 1. The molecule has 132 valence electrons. The molecule has 1 aromatic carbocycles. The average molecular weight is 347 g/mol. The van der Waals surface area contributed by atoms with Gasteiger partial charge in [0.2, 0.25) is 0 Å². The van der Waals surface area contributed by atoms with E-state index in [4.69, 9.17) is 5.11 Å². The van der Waals surface area contributed by atoms with E-state index in [9.17, 15) is 19.1 Å². The minimum absolute atomic E-state index is 0.00558. The Morgan fingerprint density at radius 3 is 2.56 bits per heavy atom. The standard InChI is InChI=1S/C17H18FN3O4/c1-19-13-8-21(7-12(23)9-22)15(10-4-3-5-11(18)6-10)14(13)16(24)20(2)17(19)25/h3-6,8,12,22-23H,7,9H2,1-2H3. The quantitative estimate of drug-likeness (QED) is 0.705. The van der Waals surface area contributed by atoms with Crippen molar-refractivity contribution < 1.29 is 14.6 Å². The van der Waals surface area contributed by atoms with Crippen LogP contribution in [-0.4, -0.2) is 36.6 Å². The van der Waals surface area contributed by atoms with Gasteiger partial charge in [0.05, 0.1) is 35.9 Å². The zero-order chi connectivity index (χ0) is 18.3. The molecule has 0 radical (unpaired) electrons. The van der Waals surface area contributed by atoms with Crippen LogP contribution in [0.5, 0.6) is 0 Å². The molecule has 0 saturated carbocycles. The zero-order valence-corrected chi connectivity index (χ0v) is 13.8. The van der Waals surface area contributed by atoms with Gasteiger partial charge in [0.25, 0.3) is 5.56 Å². The SMILES string of the molecule is Cn1c(=O)c2c(-c3cccc(F)c3)n(CC(O)CO)cc2n(C)c1=O. The number of halogens is 1. The summed E-state index contributed by atoms with van der Waals surface area (Å²) in [7, 11) is 2.91. The highest BCUT2D eigenvalue weighted by molar-refractivity contribution is 5.93. The lowest BCUT2D eigenvalue weighted by Crippen LogP contribution is -2.36. The van der Waals surface area contributed by atoms with E-state index >= 15 is 0 Å². The van der Waals surface area contributed by atoms with E-state index < -0.39 is 29.8 Å². The molecule has 25 heavy (non-hydrogen) atoms. The third-order valence-electron chi connectivity index (χ3n) is 4.23. The first-order valence-electron chi connectivity index (χ1n) is 7.69. The maximum absolute atomic E-state index is 13.7. The van der Waals surface area contributed by atoms with Crippen molar-refractivity contribution in [2.75, 3.05) is 6.61 Å². The summed E-state index contributed by atoms with van der Waals surface area (Å²) in [6.45, 7) is -0.470. The van der Waals surface area contributed by atoms with Crippen LogP contribution in [0.1, 0.15) is 0 Å². The van der Waals surface area contributed by atoms with E-state index in [-0.39, 0.29) is 11.9 Å². The Balaban J connectivity index is 2.44. The monoisotopic (exact) mass is 347 g/mol. The fourth-order valence-electron chi connectivity index (χ4n) is 2.96. The predicted octanol–water partition coefficient (Wildman–Crippen LogP) is 0.198. The van der Waals surface area contributed by atoms with Crippen LogP contribution in [-0.2, 0) is 20.6 Å². The fraction of sp³-hybridized carbons (Fsp3) is 0.294. The van der Waals surface area contributed by atoms with Gasteiger partial charge >= 0.3 is 5.69 Å². The van der Waals surface area contributed by atoms with Gasteiger partial charge in [0.1, 0.15) is 5.82 Å². The third-order valence-corrected chi connectivity index (χ3v) is 4.23. The molecule has 0 aliphatic heterocycles. The zero-order valence-electron chi connectivity index (χ0n) is 13.8. The Morgan fingerprint density at radius 2 is 1.92 bits per heavy atom. The normalized spacial score (nSPS) is 12.7. The van der Waals surface area contributed by atoms with Gasteiger partial charge < -0.3 is 14.8 Å². The van der Waals surface area contributed by atoms with Crippen molar-refractivity contribution in [2.45, 2.75) is 12.6 Å². The summed E-state index contributed by atoms with van der Waals surface area (Å²) in [6.07, 6.45) is 0.493. The largest absolute Gasteiger partial charge is 0.394 e. The van der Waals surface area contributed by atoms with Crippen LogP contribution in [0.3, 0.4) is 0 Å². The van der Waals surface area contributed by atoms with Gasteiger partial charge in [-0.1, -0.05) is 12.1 Å². The second-order valence-corrected chi connectivity index (χ2v) is 5.94. The summed E-state index contributed by atoms with van der Waals surface area (Å²) in [5, 5.41) is 19.2. The molecule has 3 rings (SSSR count). The molecular weight excluding hydrogens is 329 g/mol. The van der Waals surface area contributed by atoms with Crippen LogP contribution < -0.4 is 11.2 Å². The fourth-order valence-corrected chi connectivity index (χ4v) is 2.96. The number of benzene rings is 1. The Labute approximate surface area is 141 Å². The van der Waals surface area contributed by atoms with E-state index in [1.807, 2.05) is 0 Å². The number of aromatic nitrogens is 3. The minimum atomic E-state index is -1.06. The van der Waals surface area contributed by atoms with E-state index in [0.29, 0.717) is 16.8 Å². The molecule has 0 spiro atoms. The second kappa shape index (κ2) is 6.30. The van der Waals surface area contributed by atoms with Crippen LogP contribution in [0.15, 0.2) is 40.1 Å². The molecule has 3 aromatic rings. The molecule has 1 unspecified atom stereocenters. The number of rotatable bonds is 4. The lowest BCUT2D eigenvalue weighted by Gasteiger charge is -2.13. The Hall–Kier alpha value is -2.71. The lowest BCUT2D eigenvalue weighted by molar-refractivity contribution is 0.0817. The van der Waals surface area contributed by atoms with E-state index in [0.717, 1.165) is 4.57 Å². The summed E-state index contributed by atoms with van der Waals surface area (Å²) < 4.78 is 17.6. The Bertz CT molecular complexity index is 1060. The van der Waals surface area contributed by atoms with Crippen molar-refractivity contribution in [1.82, 2.24) is 13.7 Å². The van der Waals surface area contributed by atoms with Crippen molar-refractivity contribution in [3.8, 4) is 11.3 Å². The molecule has 0 bridgehead atoms. The first-order chi connectivity index (χ1) is 11.8. The van der Waals surface area contributed by atoms with Crippen molar-refractivity contribution in [3.63, 3.8) is 0 Å². The van der Waals surface area contributed by atoms with Crippen LogP contribution in [0.4, 0.5) is 4.39 Å². The van der Waals surface area contributed by atoms with Crippen LogP contribution in [0.2, 0.25) is 0 Å². The molecule has 0 amide bonds. The van der Waals surface area contributed by atoms with Gasteiger partial charge in [-0.05, 0) is 12.1 Å². The number of nitrogens with zero attached hydrogens (tertiary/aromatic N) is 3. The van der Waals surface area contributed by atoms with Gasteiger partial charge in [-0.3, -0.25) is 13.9 Å². The summed E-state index contributed by atoms with van der Waals surface area (Å²) >= 11 is 0. The van der Waals surface area contributed by atoms with E-state index in [2.05, 4.69) is 0 Å². The number of aliphatic hydroxyl groups is 2. The topological polar surface area (TPSA) is 89.4 Å². The van der Waals surface area contributed by atoms with Crippen molar-refractivity contribution in [2.24, 2.45) is 14.1 Å². The summed E-state index contributed by atoms with van der Waals surface area (Å²) in [6, 6.07) is 5.73. The lowest BCUT2D eigenvalue weighted by atomic mass is 10.1. The second-order valence-electron chi connectivity index (χ2n) is 5.94. The molecule has 8 heteroatoms. The highest BCUT2D eigenvalue weighted by atomic mass is 19.1. The van der Waals surface area contributed by atoms with E-state index in [1.165, 1.54) is 36.9 Å². The molecule has 0 aliphatic carbocycles.